The van der Waals surface area contributed by atoms with Gasteiger partial charge in [-0.05, 0) is 48.9 Å². The van der Waals surface area contributed by atoms with Crippen LogP contribution in [0, 0.1) is 18.3 Å². The molecule has 1 saturated heterocycles. The molecule has 0 radical (unpaired) electrons. The van der Waals surface area contributed by atoms with Crippen LogP contribution in [-0.4, -0.2) is 18.1 Å². The van der Waals surface area contributed by atoms with E-state index in [1.807, 2.05) is 23.5 Å². The molecule has 0 saturated carbocycles. The lowest BCUT2D eigenvalue weighted by Crippen LogP contribution is -2.47. The Labute approximate surface area is 152 Å². The van der Waals surface area contributed by atoms with Crippen LogP contribution in [-0.2, 0) is 6.54 Å². The van der Waals surface area contributed by atoms with Gasteiger partial charge in [-0.1, -0.05) is 24.3 Å². The third kappa shape index (κ3) is 3.02. The number of fused-ring (bicyclic) bond motifs is 1. The lowest BCUT2D eigenvalue weighted by molar-refractivity contribution is 0.206. The van der Waals surface area contributed by atoms with E-state index in [2.05, 4.69) is 58.7 Å². The quantitative estimate of drug-likeness (QED) is 0.660. The van der Waals surface area contributed by atoms with Gasteiger partial charge in [0.2, 0.25) is 0 Å². The molecule has 25 heavy (non-hydrogen) atoms. The molecule has 2 aromatic carbocycles. The Hall–Kier alpha value is -2.35. The van der Waals surface area contributed by atoms with E-state index in [-0.39, 0.29) is 0 Å². The van der Waals surface area contributed by atoms with Crippen LogP contribution in [0.1, 0.15) is 28.8 Å². The molecule has 1 aromatic heterocycles. The van der Waals surface area contributed by atoms with Crippen molar-refractivity contribution in [2.24, 2.45) is 0 Å². The van der Waals surface area contributed by atoms with Crippen LogP contribution in [0.15, 0.2) is 47.8 Å². The van der Waals surface area contributed by atoms with Crippen molar-refractivity contribution in [2.45, 2.75) is 26.3 Å². The molecule has 2 heterocycles. The molecule has 1 aliphatic rings. The third-order valence-corrected chi connectivity index (χ3v) is 5.98. The number of aryl methyl sites for hydroxylation is 1. The van der Waals surface area contributed by atoms with Crippen molar-refractivity contribution in [1.82, 2.24) is 5.01 Å². The molecule has 0 aliphatic carbocycles. The number of hydrogen-bond donors (Lipinski definition) is 0. The highest BCUT2D eigenvalue weighted by Crippen LogP contribution is 2.33. The first-order chi connectivity index (χ1) is 12.3. The van der Waals surface area contributed by atoms with Crippen molar-refractivity contribution in [2.75, 3.05) is 18.1 Å². The summed E-state index contributed by atoms with van der Waals surface area (Å²) in [6.45, 7) is 5.25. The summed E-state index contributed by atoms with van der Waals surface area (Å²) in [7, 11) is 0. The van der Waals surface area contributed by atoms with E-state index in [4.69, 9.17) is 0 Å². The van der Waals surface area contributed by atoms with Crippen LogP contribution >= 0.6 is 11.3 Å². The van der Waals surface area contributed by atoms with E-state index < -0.39 is 0 Å². The molecule has 0 N–H and O–H groups in total. The summed E-state index contributed by atoms with van der Waals surface area (Å²) in [5.41, 5.74) is 3.33. The topological polar surface area (TPSA) is 30.3 Å². The number of anilines is 1. The van der Waals surface area contributed by atoms with E-state index in [0.29, 0.717) is 0 Å². The zero-order valence-electron chi connectivity index (χ0n) is 14.4. The van der Waals surface area contributed by atoms with Crippen LogP contribution in [0.2, 0.25) is 0 Å². The molecule has 3 aromatic rings. The van der Waals surface area contributed by atoms with Crippen molar-refractivity contribution in [3.63, 3.8) is 0 Å². The fourth-order valence-corrected chi connectivity index (χ4v) is 4.51. The van der Waals surface area contributed by atoms with Gasteiger partial charge >= 0.3 is 0 Å². The van der Waals surface area contributed by atoms with Crippen molar-refractivity contribution >= 4 is 27.8 Å². The Morgan fingerprint density at radius 3 is 2.60 bits per heavy atom. The fourth-order valence-electron chi connectivity index (χ4n) is 3.59. The molecule has 0 bridgehead atoms. The Bertz CT molecular complexity index is 938. The molecule has 126 valence electrons. The standard InChI is InChI=1S/C21H21N3S/c1-16-10-13-25-21(16)15-23-11-4-5-12-24(23)20-9-8-17(14-22)18-6-2-3-7-19(18)20/h2-3,6-10,13H,4-5,11-12,15H2,1H3. The van der Waals surface area contributed by atoms with Crippen molar-refractivity contribution in [3.8, 4) is 6.07 Å². The van der Waals surface area contributed by atoms with E-state index >= 15 is 0 Å². The van der Waals surface area contributed by atoms with E-state index in [1.165, 1.54) is 29.0 Å². The molecule has 1 aliphatic heterocycles. The van der Waals surface area contributed by atoms with Crippen molar-refractivity contribution in [3.05, 3.63) is 63.8 Å². The molecule has 3 nitrogen and oxygen atoms in total. The van der Waals surface area contributed by atoms with E-state index in [1.54, 1.807) is 0 Å². The van der Waals surface area contributed by atoms with Gasteiger partial charge in [-0.3, -0.25) is 0 Å². The molecular formula is C21H21N3S. The molecule has 4 rings (SSSR count). The minimum atomic E-state index is 0.747. The SMILES string of the molecule is Cc1ccsc1CN1CCCCN1c1ccc(C#N)c2ccccc12. The minimum Gasteiger partial charge on any atom is -0.305 e. The van der Waals surface area contributed by atoms with Crippen LogP contribution in [0.3, 0.4) is 0 Å². The Kier molecular flexibility index (Phi) is 4.44. The molecule has 0 atom stereocenters. The summed E-state index contributed by atoms with van der Waals surface area (Å²) in [5.74, 6) is 0. The third-order valence-electron chi connectivity index (χ3n) is 4.97. The Morgan fingerprint density at radius 1 is 1.04 bits per heavy atom. The monoisotopic (exact) mass is 347 g/mol. The van der Waals surface area contributed by atoms with Gasteiger partial charge in [0.15, 0.2) is 0 Å². The minimum absolute atomic E-state index is 0.747. The first kappa shape index (κ1) is 16.1. The molecule has 4 heteroatoms. The van der Waals surface area contributed by atoms with Crippen LogP contribution in [0.4, 0.5) is 5.69 Å². The van der Waals surface area contributed by atoms with Gasteiger partial charge in [0.1, 0.15) is 0 Å². The summed E-state index contributed by atoms with van der Waals surface area (Å²) in [5, 5.41) is 18.7. The highest BCUT2D eigenvalue weighted by Gasteiger charge is 2.23. The average molecular weight is 347 g/mol. The lowest BCUT2D eigenvalue weighted by Gasteiger charge is -2.41. The van der Waals surface area contributed by atoms with Crippen molar-refractivity contribution in [1.29, 1.82) is 5.26 Å². The largest absolute Gasteiger partial charge is 0.305 e. The maximum atomic E-state index is 9.42. The number of rotatable bonds is 3. The van der Waals surface area contributed by atoms with Gasteiger partial charge in [-0.2, -0.15) is 5.26 Å². The Balaban J connectivity index is 1.75. The number of benzene rings is 2. The number of hydrazine groups is 1. The second-order valence-corrected chi connectivity index (χ2v) is 7.54. The van der Waals surface area contributed by atoms with E-state index in [9.17, 15) is 5.26 Å². The number of nitrogens with zero attached hydrogens (tertiary/aromatic N) is 3. The number of hydrogen-bond acceptors (Lipinski definition) is 4. The average Bonchev–Trinajstić information content (AvgIpc) is 3.06. The summed E-state index contributed by atoms with van der Waals surface area (Å²) < 4.78 is 0. The second kappa shape index (κ2) is 6.87. The highest BCUT2D eigenvalue weighted by molar-refractivity contribution is 7.10. The maximum Gasteiger partial charge on any atom is 0.0998 e. The zero-order chi connectivity index (χ0) is 17.2. The molecular weight excluding hydrogens is 326 g/mol. The smallest absolute Gasteiger partial charge is 0.0998 e. The van der Waals surface area contributed by atoms with Gasteiger partial charge in [0, 0.05) is 28.7 Å². The van der Waals surface area contributed by atoms with Gasteiger partial charge in [-0.15, -0.1) is 11.3 Å². The van der Waals surface area contributed by atoms with Crippen LogP contribution < -0.4 is 5.01 Å². The molecule has 0 unspecified atom stereocenters. The van der Waals surface area contributed by atoms with Crippen molar-refractivity contribution < 1.29 is 0 Å². The second-order valence-electron chi connectivity index (χ2n) is 6.53. The van der Waals surface area contributed by atoms with E-state index in [0.717, 1.165) is 36.0 Å². The number of thiophene rings is 1. The summed E-state index contributed by atoms with van der Waals surface area (Å²) >= 11 is 1.84. The first-order valence-corrected chi connectivity index (χ1v) is 9.63. The van der Waals surface area contributed by atoms with Gasteiger partial charge < -0.3 is 5.01 Å². The summed E-state index contributed by atoms with van der Waals surface area (Å²) in [6, 6.07) is 16.8. The van der Waals surface area contributed by atoms with Gasteiger partial charge in [0.05, 0.1) is 23.9 Å². The fraction of sp³-hybridized carbons (Fsp3) is 0.286. The first-order valence-electron chi connectivity index (χ1n) is 8.75. The van der Waals surface area contributed by atoms with Crippen LogP contribution in [0.25, 0.3) is 10.8 Å². The predicted octanol–water partition coefficient (Wildman–Crippen LogP) is 5.10. The normalized spacial score (nSPS) is 15.4. The maximum absolute atomic E-state index is 9.42. The lowest BCUT2D eigenvalue weighted by atomic mass is 10.0. The summed E-state index contributed by atoms with van der Waals surface area (Å²) in [6.07, 6.45) is 2.43. The Morgan fingerprint density at radius 2 is 1.84 bits per heavy atom. The molecule has 0 spiro atoms. The molecule has 0 amide bonds. The number of nitriles is 1. The van der Waals surface area contributed by atoms with Crippen LogP contribution in [0.5, 0.6) is 0 Å². The van der Waals surface area contributed by atoms with Gasteiger partial charge in [0.25, 0.3) is 0 Å². The summed E-state index contributed by atoms with van der Waals surface area (Å²) in [4.78, 5) is 1.44. The molecule has 1 fully saturated rings. The highest BCUT2D eigenvalue weighted by atomic mass is 32.1. The van der Waals surface area contributed by atoms with Gasteiger partial charge in [-0.25, -0.2) is 5.01 Å². The predicted molar refractivity (Wildman–Crippen MR) is 105 cm³/mol. The zero-order valence-corrected chi connectivity index (χ0v) is 15.2.